The number of carbonyl (C=O) groups is 1. The summed E-state index contributed by atoms with van der Waals surface area (Å²) in [5.74, 6) is -3.56. The Labute approximate surface area is 209 Å². The molecular formula is C23H34F3N3O4S2. The fourth-order valence-electron chi connectivity index (χ4n) is 4.95. The Morgan fingerprint density at radius 1 is 1.14 bits per heavy atom. The van der Waals surface area contributed by atoms with Crippen LogP contribution in [0.3, 0.4) is 0 Å². The highest BCUT2D eigenvalue weighted by molar-refractivity contribution is 7.98. The standard InChI is InChI=1S/C23H34F3N3O4S2/c1-4-13-35(31,32)29-11-9-28(10-12-29)22(5-7-23(25,26)8-6-22)16-27-21(30)20-18(33-2)14-17(24)15-19(20)34-3/h14-15H,4-13,16H2,1-3H3,(H,27,30). The van der Waals surface area contributed by atoms with Crippen LogP contribution in [0.5, 0.6) is 5.75 Å². The zero-order valence-corrected chi connectivity index (χ0v) is 22.0. The zero-order chi connectivity index (χ0) is 25.9. The highest BCUT2D eigenvalue weighted by Gasteiger charge is 2.47. The molecule has 3 rings (SSSR count). The van der Waals surface area contributed by atoms with Gasteiger partial charge in [-0.2, -0.15) is 4.31 Å². The maximum Gasteiger partial charge on any atom is 0.256 e. The second kappa shape index (κ2) is 11.3. The third-order valence-electron chi connectivity index (χ3n) is 6.95. The first-order chi connectivity index (χ1) is 16.5. The van der Waals surface area contributed by atoms with Crippen molar-refractivity contribution in [1.82, 2.24) is 14.5 Å². The van der Waals surface area contributed by atoms with E-state index in [0.717, 1.165) is 6.07 Å². The second-order valence-electron chi connectivity index (χ2n) is 9.15. The first kappa shape index (κ1) is 28.1. The molecule has 1 aromatic carbocycles. The quantitative estimate of drug-likeness (QED) is 0.485. The zero-order valence-electron chi connectivity index (χ0n) is 20.4. The van der Waals surface area contributed by atoms with Gasteiger partial charge >= 0.3 is 0 Å². The molecule has 1 aromatic rings. The van der Waals surface area contributed by atoms with Crippen LogP contribution < -0.4 is 10.1 Å². The number of nitrogens with zero attached hydrogens (tertiary/aromatic N) is 2. The molecular weight excluding hydrogens is 503 g/mol. The van der Waals surface area contributed by atoms with Crippen LogP contribution in [0, 0.1) is 5.82 Å². The molecule has 0 unspecified atom stereocenters. The predicted molar refractivity (Wildman–Crippen MR) is 130 cm³/mol. The number of rotatable bonds is 9. The van der Waals surface area contributed by atoms with Gasteiger partial charge in [0, 0.05) is 62.1 Å². The predicted octanol–water partition coefficient (Wildman–Crippen LogP) is 3.59. The summed E-state index contributed by atoms with van der Waals surface area (Å²) in [6.45, 7) is 3.32. The lowest BCUT2D eigenvalue weighted by Crippen LogP contribution is -2.63. The third kappa shape index (κ3) is 6.44. The number of hydrogen-bond donors (Lipinski definition) is 1. The Balaban J connectivity index is 1.79. The van der Waals surface area contributed by atoms with E-state index in [1.54, 1.807) is 6.26 Å². The van der Waals surface area contributed by atoms with Crippen LogP contribution in [0.1, 0.15) is 49.4 Å². The molecule has 35 heavy (non-hydrogen) atoms. The van der Waals surface area contributed by atoms with Crippen molar-refractivity contribution < 1.29 is 31.1 Å². The first-order valence-corrected chi connectivity index (χ1v) is 14.6. The van der Waals surface area contributed by atoms with Crippen molar-refractivity contribution in [3.8, 4) is 5.75 Å². The molecule has 12 heteroatoms. The van der Waals surface area contributed by atoms with Gasteiger partial charge in [0.25, 0.3) is 5.91 Å². The van der Waals surface area contributed by atoms with Gasteiger partial charge in [-0.15, -0.1) is 11.8 Å². The average Bonchev–Trinajstić information content (AvgIpc) is 2.83. The van der Waals surface area contributed by atoms with Crippen LogP contribution in [-0.2, 0) is 10.0 Å². The van der Waals surface area contributed by atoms with E-state index in [1.165, 1.54) is 29.2 Å². The Kier molecular flexibility index (Phi) is 9.04. The molecule has 0 bridgehead atoms. The van der Waals surface area contributed by atoms with Gasteiger partial charge in [0.2, 0.25) is 15.9 Å². The van der Waals surface area contributed by atoms with Crippen LogP contribution in [0.4, 0.5) is 13.2 Å². The highest BCUT2D eigenvalue weighted by Crippen LogP contribution is 2.42. The van der Waals surface area contributed by atoms with Crippen molar-refractivity contribution in [2.24, 2.45) is 0 Å². The fraction of sp³-hybridized carbons (Fsp3) is 0.696. The largest absolute Gasteiger partial charge is 0.496 e. The van der Waals surface area contributed by atoms with E-state index >= 15 is 0 Å². The number of sulfonamides is 1. The van der Waals surface area contributed by atoms with E-state index in [2.05, 4.69) is 10.2 Å². The van der Waals surface area contributed by atoms with E-state index in [1.807, 2.05) is 6.92 Å². The van der Waals surface area contributed by atoms with Crippen LogP contribution >= 0.6 is 11.8 Å². The van der Waals surface area contributed by atoms with Gasteiger partial charge in [0.05, 0.1) is 18.4 Å². The molecule has 1 aliphatic heterocycles. The monoisotopic (exact) mass is 537 g/mol. The number of methoxy groups -OCH3 is 1. The minimum atomic E-state index is -3.34. The molecule has 198 valence electrons. The summed E-state index contributed by atoms with van der Waals surface area (Å²) < 4.78 is 73.7. The van der Waals surface area contributed by atoms with E-state index in [9.17, 15) is 26.4 Å². The van der Waals surface area contributed by atoms with Gasteiger partial charge < -0.3 is 10.1 Å². The lowest BCUT2D eigenvalue weighted by atomic mass is 9.78. The summed E-state index contributed by atoms with van der Waals surface area (Å²) in [7, 11) is -1.98. The van der Waals surface area contributed by atoms with Gasteiger partial charge in [-0.1, -0.05) is 6.92 Å². The number of piperazine rings is 1. The lowest BCUT2D eigenvalue weighted by molar-refractivity contribution is -0.0856. The molecule has 1 saturated heterocycles. The number of amides is 1. The smallest absolute Gasteiger partial charge is 0.256 e. The average molecular weight is 538 g/mol. The van der Waals surface area contributed by atoms with Gasteiger partial charge in [-0.3, -0.25) is 9.69 Å². The molecule has 7 nitrogen and oxygen atoms in total. The first-order valence-electron chi connectivity index (χ1n) is 11.8. The van der Waals surface area contributed by atoms with Crippen LogP contribution in [0.15, 0.2) is 17.0 Å². The SMILES string of the molecule is CCCS(=O)(=O)N1CCN(C2(CNC(=O)c3c(OC)cc(F)cc3SC)CCC(F)(F)CC2)CC1. The minimum Gasteiger partial charge on any atom is -0.496 e. The highest BCUT2D eigenvalue weighted by atomic mass is 32.2. The number of benzene rings is 1. The number of carbonyl (C=O) groups excluding carboxylic acids is 1. The van der Waals surface area contributed by atoms with E-state index in [4.69, 9.17) is 4.74 Å². The van der Waals surface area contributed by atoms with Crippen molar-refractivity contribution in [3.05, 3.63) is 23.5 Å². The molecule has 2 fully saturated rings. The maximum absolute atomic E-state index is 14.1. The Hall–Kier alpha value is -1.50. The van der Waals surface area contributed by atoms with E-state index in [0.29, 0.717) is 24.4 Å². The third-order valence-corrected chi connectivity index (χ3v) is 9.79. The topological polar surface area (TPSA) is 79.0 Å². The van der Waals surface area contributed by atoms with Gasteiger partial charge in [-0.25, -0.2) is 21.6 Å². The number of hydrogen-bond acceptors (Lipinski definition) is 6. The van der Waals surface area contributed by atoms with Gasteiger partial charge in [0.15, 0.2) is 0 Å². The summed E-state index contributed by atoms with van der Waals surface area (Å²) in [5.41, 5.74) is -0.516. The van der Waals surface area contributed by atoms with Gasteiger partial charge in [-0.05, 0) is 31.6 Å². The molecule has 1 saturated carbocycles. The Bertz CT molecular complexity index is 980. The van der Waals surface area contributed by atoms with Crippen molar-refractivity contribution in [3.63, 3.8) is 0 Å². The molecule has 1 aliphatic carbocycles. The van der Waals surface area contributed by atoms with Crippen molar-refractivity contribution in [1.29, 1.82) is 0 Å². The van der Waals surface area contributed by atoms with Crippen molar-refractivity contribution >= 4 is 27.7 Å². The van der Waals surface area contributed by atoms with E-state index < -0.39 is 33.2 Å². The fourth-order valence-corrected chi connectivity index (χ4v) is 7.07. The van der Waals surface area contributed by atoms with Crippen LogP contribution in [0.2, 0.25) is 0 Å². The summed E-state index contributed by atoms with van der Waals surface area (Å²) in [6.07, 6.45) is 2.01. The summed E-state index contributed by atoms with van der Waals surface area (Å²) in [5, 5.41) is 2.89. The Morgan fingerprint density at radius 2 is 1.77 bits per heavy atom. The van der Waals surface area contributed by atoms with E-state index in [-0.39, 0.29) is 62.4 Å². The molecule has 2 aliphatic rings. The minimum absolute atomic E-state index is 0.0811. The molecule has 0 radical (unpaired) electrons. The molecule has 0 atom stereocenters. The summed E-state index contributed by atoms with van der Waals surface area (Å²) in [4.78, 5) is 15.7. The van der Waals surface area contributed by atoms with Crippen LogP contribution in [-0.4, -0.2) is 86.8 Å². The molecule has 1 heterocycles. The van der Waals surface area contributed by atoms with Crippen molar-refractivity contribution in [2.45, 2.75) is 55.4 Å². The maximum atomic E-state index is 14.1. The molecule has 1 amide bonds. The Morgan fingerprint density at radius 3 is 2.31 bits per heavy atom. The second-order valence-corrected chi connectivity index (χ2v) is 12.1. The lowest BCUT2D eigenvalue weighted by Gasteiger charge is -2.50. The number of thioether (sulfide) groups is 1. The summed E-state index contributed by atoms with van der Waals surface area (Å²) in [6, 6.07) is 2.40. The number of ether oxygens (including phenoxy) is 1. The number of halogens is 3. The molecule has 0 spiro atoms. The van der Waals surface area contributed by atoms with Crippen molar-refractivity contribution in [2.75, 3.05) is 51.8 Å². The van der Waals surface area contributed by atoms with Gasteiger partial charge in [0.1, 0.15) is 11.6 Å². The molecule has 1 N–H and O–H groups in total. The summed E-state index contributed by atoms with van der Waals surface area (Å²) >= 11 is 1.21. The normalized spacial score (nSPS) is 21.0. The number of nitrogens with one attached hydrogen (secondary N) is 1. The molecule has 0 aromatic heterocycles. The number of alkyl halides is 2. The van der Waals surface area contributed by atoms with Crippen LogP contribution in [0.25, 0.3) is 0 Å².